The molecule has 2 aromatic carbocycles. The maximum absolute atomic E-state index is 14.3. The molecule has 1 aromatic heterocycles. The molecule has 3 aromatic rings. The molecular formula is C22H17F5N2O4S. The summed E-state index contributed by atoms with van der Waals surface area (Å²) in [6.45, 7) is 1.40. The van der Waals surface area contributed by atoms with Crippen molar-refractivity contribution in [3.63, 3.8) is 0 Å². The predicted molar refractivity (Wildman–Crippen MR) is 111 cm³/mol. The number of pyridine rings is 1. The van der Waals surface area contributed by atoms with Gasteiger partial charge in [0.1, 0.15) is 11.6 Å². The van der Waals surface area contributed by atoms with E-state index in [2.05, 4.69) is 5.32 Å². The van der Waals surface area contributed by atoms with Crippen LogP contribution in [-0.4, -0.2) is 20.6 Å². The molecule has 0 radical (unpaired) electrons. The molecule has 0 unspecified atom stereocenters. The third kappa shape index (κ3) is 5.50. The molecule has 0 aliphatic heterocycles. The Bertz CT molecular complexity index is 1370. The molecule has 12 heteroatoms. The van der Waals surface area contributed by atoms with Crippen molar-refractivity contribution in [2.75, 3.05) is 6.26 Å². The van der Waals surface area contributed by atoms with Gasteiger partial charge >= 0.3 is 6.18 Å². The summed E-state index contributed by atoms with van der Waals surface area (Å²) in [4.78, 5) is 12.5. The summed E-state index contributed by atoms with van der Waals surface area (Å²) in [5, 5.41) is 14.2. The number of nitrogens with zero attached hydrogens (tertiary/aromatic N) is 1. The second-order valence-electron chi connectivity index (χ2n) is 7.51. The van der Waals surface area contributed by atoms with Crippen LogP contribution < -0.4 is 10.0 Å². The van der Waals surface area contributed by atoms with Gasteiger partial charge in [0.2, 0.25) is 0 Å². The van der Waals surface area contributed by atoms with Crippen molar-refractivity contribution in [2.24, 2.45) is 0 Å². The van der Waals surface area contributed by atoms with Gasteiger partial charge in [0, 0.05) is 35.1 Å². The Kier molecular flexibility index (Phi) is 6.65. The van der Waals surface area contributed by atoms with Gasteiger partial charge in [-0.25, -0.2) is 17.2 Å². The molecule has 0 spiro atoms. The van der Waals surface area contributed by atoms with E-state index in [9.17, 15) is 40.4 Å². The van der Waals surface area contributed by atoms with Crippen molar-refractivity contribution in [1.82, 2.24) is 5.32 Å². The minimum absolute atomic E-state index is 0.00911. The van der Waals surface area contributed by atoms with Crippen molar-refractivity contribution < 1.29 is 39.9 Å². The molecule has 0 bridgehead atoms. The van der Waals surface area contributed by atoms with E-state index in [1.807, 2.05) is 0 Å². The van der Waals surface area contributed by atoms with Crippen LogP contribution in [-0.2, 0) is 16.0 Å². The summed E-state index contributed by atoms with van der Waals surface area (Å²) < 4.78 is 89.8. The molecular weight excluding hydrogens is 483 g/mol. The Balaban J connectivity index is 1.97. The number of hydrogen-bond donors (Lipinski definition) is 1. The van der Waals surface area contributed by atoms with Crippen LogP contribution in [0.25, 0.3) is 11.1 Å². The number of aromatic nitrogens is 1. The zero-order valence-electron chi connectivity index (χ0n) is 17.7. The standard InChI is InChI=1S/C22H17F5N2O4S/c1-12(13-3-6-20(22(25,26)27)29(31)11-13)28-21(30)15-7-14(8-17(9-15)34(2,32)33)18-5-4-16(23)10-19(18)24/h3-12H,1-2H3,(H,28,30)/t12-/m1/s1. The van der Waals surface area contributed by atoms with Crippen molar-refractivity contribution in [3.05, 3.63) is 88.4 Å². The highest BCUT2D eigenvalue weighted by Crippen LogP contribution is 2.29. The number of hydrogen-bond acceptors (Lipinski definition) is 4. The van der Waals surface area contributed by atoms with E-state index in [0.29, 0.717) is 18.3 Å². The molecule has 1 N–H and O–H groups in total. The number of halogens is 5. The highest BCUT2D eigenvalue weighted by molar-refractivity contribution is 7.90. The Morgan fingerprint density at radius 2 is 1.74 bits per heavy atom. The SMILES string of the molecule is C[C@@H](NC(=O)c1cc(-c2ccc(F)cc2F)cc(S(C)(=O)=O)c1)c1ccc(C(F)(F)F)[n+]([O-])c1. The van der Waals surface area contributed by atoms with Crippen LogP contribution in [0.3, 0.4) is 0 Å². The normalized spacial score (nSPS) is 12.9. The zero-order chi connectivity index (χ0) is 25.4. The average Bonchev–Trinajstić information content (AvgIpc) is 2.71. The van der Waals surface area contributed by atoms with Crippen LogP contribution in [0.15, 0.2) is 59.6 Å². The second kappa shape index (κ2) is 9.01. The van der Waals surface area contributed by atoms with Gasteiger partial charge in [-0.15, -0.1) is 0 Å². The monoisotopic (exact) mass is 500 g/mol. The molecule has 1 atom stereocenters. The molecule has 3 rings (SSSR count). The number of amides is 1. The number of nitrogens with one attached hydrogen (secondary N) is 1. The summed E-state index contributed by atoms with van der Waals surface area (Å²) in [5.74, 6) is -2.66. The van der Waals surface area contributed by atoms with Crippen LogP contribution in [0.5, 0.6) is 0 Å². The van der Waals surface area contributed by atoms with Crippen LogP contribution in [0.1, 0.15) is 34.6 Å². The number of benzene rings is 2. The van der Waals surface area contributed by atoms with Crippen LogP contribution in [0.2, 0.25) is 0 Å². The van der Waals surface area contributed by atoms with Crippen LogP contribution >= 0.6 is 0 Å². The van der Waals surface area contributed by atoms with Gasteiger partial charge in [0.05, 0.1) is 10.9 Å². The quantitative estimate of drug-likeness (QED) is 0.323. The van der Waals surface area contributed by atoms with E-state index >= 15 is 0 Å². The van der Waals surface area contributed by atoms with Gasteiger partial charge in [-0.2, -0.15) is 17.9 Å². The summed E-state index contributed by atoms with van der Waals surface area (Å²) in [6, 6.07) is 6.68. The van der Waals surface area contributed by atoms with E-state index in [0.717, 1.165) is 36.6 Å². The minimum atomic E-state index is -4.86. The largest absolute Gasteiger partial charge is 0.618 e. The summed E-state index contributed by atoms with van der Waals surface area (Å²) in [6.07, 6.45) is -3.31. The van der Waals surface area contributed by atoms with Gasteiger partial charge in [-0.3, -0.25) is 4.79 Å². The number of alkyl halides is 3. The van der Waals surface area contributed by atoms with Gasteiger partial charge in [0.25, 0.3) is 11.6 Å². The highest BCUT2D eigenvalue weighted by Gasteiger charge is 2.39. The first-order chi connectivity index (χ1) is 15.7. The van der Waals surface area contributed by atoms with Gasteiger partial charge in [0.15, 0.2) is 16.0 Å². The minimum Gasteiger partial charge on any atom is -0.618 e. The first kappa shape index (κ1) is 25.1. The number of sulfone groups is 1. The molecule has 1 amide bonds. The van der Waals surface area contributed by atoms with Crippen molar-refractivity contribution in [3.8, 4) is 11.1 Å². The summed E-state index contributed by atoms with van der Waals surface area (Å²) >= 11 is 0. The van der Waals surface area contributed by atoms with Crippen LogP contribution in [0.4, 0.5) is 22.0 Å². The lowest BCUT2D eigenvalue weighted by atomic mass is 10.0. The van der Waals surface area contributed by atoms with E-state index < -0.39 is 45.3 Å². The molecule has 1 heterocycles. The first-order valence-electron chi connectivity index (χ1n) is 9.58. The average molecular weight is 500 g/mol. The molecule has 0 saturated heterocycles. The Morgan fingerprint density at radius 1 is 1.06 bits per heavy atom. The van der Waals surface area contributed by atoms with Crippen molar-refractivity contribution in [1.29, 1.82) is 0 Å². The third-order valence-electron chi connectivity index (χ3n) is 4.91. The Hall–Kier alpha value is -3.54. The predicted octanol–water partition coefficient (Wildman–Crippen LogP) is 4.18. The summed E-state index contributed by atoms with van der Waals surface area (Å²) in [5.41, 5.74) is -1.73. The van der Waals surface area contributed by atoms with E-state index in [4.69, 9.17) is 0 Å². The molecule has 0 aliphatic rings. The Labute approximate surface area is 191 Å². The molecule has 0 aliphatic carbocycles. The molecule has 6 nitrogen and oxygen atoms in total. The van der Waals surface area contributed by atoms with E-state index in [-0.39, 0.29) is 31.9 Å². The third-order valence-corrected chi connectivity index (χ3v) is 6.01. The maximum atomic E-state index is 14.3. The number of carbonyl (C=O) groups excluding carboxylic acids is 1. The van der Waals surface area contributed by atoms with Gasteiger partial charge < -0.3 is 10.5 Å². The van der Waals surface area contributed by atoms with Gasteiger partial charge in [-0.05, 0) is 48.9 Å². The smallest absolute Gasteiger partial charge is 0.478 e. The molecule has 0 saturated carbocycles. The number of carbonyl (C=O) groups is 1. The topological polar surface area (TPSA) is 90.2 Å². The lowest BCUT2D eigenvalue weighted by Crippen LogP contribution is -2.38. The lowest BCUT2D eigenvalue weighted by Gasteiger charge is -2.16. The second-order valence-corrected chi connectivity index (χ2v) is 9.52. The van der Waals surface area contributed by atoms with Crippen molar-refractivity contribution in [2.45, 2.75) is 24.0 Å². The van der Waals surface area contributed by atoms with Crippen LogP contribution in [0, 0.1) is 16.8 Å². The fourth-order valence-electron chi connectivity index (χ4n) is 3.16. The maximum Gasteiger partial charge on any atom is 0.478 e. The zero-order valence-corrected chi connectivity index (χ0v) is 18.5. The fourth-order valence-corrected chi connectivity index (χ4v) is 3.84. The van der Waals surface area contributed by atoms with Crippen molar-refractivity contribution >= 4 is 15.7 Å². The van der Waals surface area contributed by atoms with E-state index in [1.54, 1.807) is 0 Å². The Morgan fingerprint density at radius 3 is 2.29 bits per heavy atom. The molecule has 34 heavy (non-hydrogen) atoms. The van der Waals surface area contributed by atoms with E-state index in [1.165, 1.54) is 13.0 Å². The lowest BCUT2D eigenvalue weighted by molar-refractivity contribution is -0.629. The first-order valence-corrected chi connectivity index (χ1v) is 11.5. The highest BCUT2D eigenvalue weighted by atomic mass is 32.2. The number of rotatable bonds is 5. The molecule has 180 valence electrons. The molecule has 0 fully saturated rings. The summed E-state index contributed by atoms with van der Waals surface area (Å²) in [7, 11) is -3.84. The fraction of sp³-hybridized carbons (Fsp3) is 0.182. The van der Waals surface area contributed by atoms with Gasteiger partial charge in [-0.1, -0.05) is 0 Å².